The summed E-state index contributed by atoms with van der Waals surface area (Å²) in [7, 11) is 0. The highest BCUT2D eigenvalue weighted by molar-refractivity contribution is 4.94. The van der Waals surface area contributed by atoms with Gasteiger partial charge in [0, 0.05) is 12.5 Å². The number of hydrogen-bond acceptors (Lipinski definition) is 3. The third-order valence-electron chi connectivity index (χ3n) is 4.14. The molecule has 3 heteroatoms. The number of nitrogens with zero attached hydrogens (tertiary/aromatic N) is 1. The Labute approximate surface area is 110 Å². The summed E-state index contributed by atoms with van der Waals surface area (Å²) in [5.74, 6) is 3.38. The molecule has 1 aliphatic rings. The highest BCUT2D eigenvalue weighted by atomic mass is 16.4. The van der Waals surface area contributed by atoms with Crippen molar-refractivity contribution in [3.8, 4) is 0 Å². The van der Waals surface area contributed by atoms with E-state index < -0.39 is 0 Å². The van der Waals surface area contributed by atoms with E-state index in [9.17, 15) is 0 Å². The minimum Gasteiger partial charge on any atom is -0.444 e. The molecule has 2 unspecified atom stereocenters. The van der Waals surface area contributed by atoms with E-state index in [4.69, 9.17) is 4.42 Å². The van der Waals surface area contributed by atoms with E-state index in [0.717, 1.165) is 36.5 Å². The SMILES string of the molecule is CCc1cnc(CNC2CCCCC2C(C)C)o1. The first-order valence-corrected chi connectivity index (χ1v) is 7.37. The molecule has 0 saturated heterocycles. The highest BCUT2D eigenvalue weighted by Crippen LogP contribution is 2.30. The Kier molecular flexibility index (Phi) is 4.81. The van der Waals surface area contributed by atoms with E-state index in [1.165, 1.54) is 25.7 Å². The lowest BCUT2D eigenvalue weighted by atomic mass is 9.78. The Balaban J connectivity index is 1.87. The van der Waals surface area contributed by atoms with Crippen LogP contribution >= 0.6 is 0 Å². The van der Waals surface area contributed by atoms with Crippen LogP contribution in [0.25, 0.3) is 0 Å². The van der Waals surface area contributed by atoms with Crippen molar-refractivity contribution >= 4 is 0 Å². The first-order valence-electron chi connectivity index (χ1n) is 7.37. The van der Waals surface area contributed by atoms with E-state index in [1.54, 1.807) is 0 Å². The van der Waals surface area contributed by atoms with Crippen LogP contribution in [0.4, 0.5) is 0 Å². The Bertz CT molecular complexity index is 359. The summed E-state index contributed by atoms with van der Waals surface area (Å²) in [6.07, 6.45) is 8.17. The zero-order valence-corrected chi connectivity index (χ0v) is 11.9. The summed E-state index contributed by atoms with van der Waals surface area (Å²) >= 11 is 0. The molecule has 18 heavy (non-hydrogen) atoms. The van der Waals surface area contributed by atoms with Gasteiger partial charge in [0.1, 0.15) is 5.76 Å². The van der Waals surface area contributed by atoms with Gasteiger partial charge in [0.25, 0.3) is 0 Å². The van der Waals surface area contributed by atoms with Crippen LogP contribution in [-0.2, 0) is 13.0 Å². The topological polar surface area (TPSA) is 38.1 Å². The second-order valence-electron chi connectivity index (χ2n) is 5.75. The fraction of sp³-hybridized carbons (Fsp3) is 0.800. The molecular formula is C15H26N2O. The third kappa shape index (κ3) is 3.35. The minimum absolute atomic E-state index is 0.635. The highest BCUT2D eigenvalue weighted by Gasteiger charge is 2.27. The number of rotatable bonds is 5. The third-order valence-corrected chi connectivity index (χ3v) is 4.14. The van der Waals surface area contributed by atoms with Crippen molar-refractivity contribution in [2.75, 3.05) is 0 Å². The first kappa shape index (κ1) is 13.6. The van der Waals surface area contributed by atoms with Gasteiger partial charge in [-0.25, -0.2) is 4.98 Å². The largest absolute Gasteiger partial charge is 0.444 e. The number of nitrogens with one attached hydrogen (secondary N) is 1. The molecule has 1 fully saturated rings. The molecular weight excluding hydrogens is 224 g/mol. The van der Waals surface area contributed by atoms with Crippen molar-refractivity contribution in [2.45, 2.75) is 65.5 Å². The molecule has 0 spiro atoms. The summed E-state index contributed by atoms with van der Waals surface area (Å²) < 4.78 is 5.65. The van der Waals surface area contributed by atoms with Gasteiger partial charge in [-0.05, 0) is 24.7 Å². The molecule has 1 aromatic rings. The van der Waals surface area contributed by atoms with Gasteiger partial charge in [-0.2, -0.15) is 0 Å². The van der Waals surface area contributed by atoms with Crippen LogP contribution in [0, 0.1) is 11.8 Å². The van der Waals surface area contributed by atoms with E-state index in [-0.39, 0.29) is 0 Å². The molecule has 1 heterocycles. The maximum absolute atomic E-state index is 5.65. The smallest absolute Gasteiger partial charge is 0.208 e. The van der Waals surface area contributed by atoms with Crippen LogP contribution in [0.3, 0.4) is 0 Å². The predicted molar refractivity (Wildman–Crippen MR) is 73.3 cm³/mol. The van der Waals surface area contributed by atoms with Crippen LogP contribution in [-0.4, -0.2) is 11.0 Å². The van der Waals surface area contributed by atoms with Gasteiger partial charge in [0.2, 0.25) is 5.89 Å². The van der Waals surface area contributed by atoms with Crippen molar-refractivity contribution in [1.29, 1.82) is 0 Å². The zero-order chi connectivity index (χ0) is 13.0. The normalized spacial score (nSPS) is 24.7. The maximum Gasteiger partial charge on any atom is 0.208 e. The van der Waals surface area contributed by atoms with Crippen molar-refractivity contribution in [3.63, 3.8) is 0 Å². The van der Waals surface area contributed by atoms with Gasteiger partial charge >= 0.3 is 0 Å². The molecule has 2 rings (SSSR count). The van der Waals surface area contributed by atoms with Crippen LogP contribution < -0.4 is 5.32 Å². The van der Waals surface area contributed by atoms with Crippen LogP contribution in [0.1, 0.15) is 58.1 Å². The summed E-state index contributed by atoms with van der Waals surface area (Å²) in [4.78, 5) is 4.31. The van der Waals surface area contributed by atoms with E-state index >= 15 is 0 Å². The maximum atomic E-state index is 5.65. The van der Waals surface area contributed by atoms with Crippen LogP contribution in [0.15, 0.2) is 10.6 Å². The Morgan fingerprint density at radius 1 is 1.39 bits per heavy atom. The van der Waals surface area contributed by atoms with Crippen molar-refractivity contribution in [1.82, 2.24) is 10.3 Å². The summed E-state index contributed by atoms with van der Waals surface area (Å²) in [5.41, 5.74) is 0. The molecule has 1 aliphatic carbocycles. The molecule has 102 valence electrons. The molecule has 3 nitrogen and oxygen atoms in total. The number of aromatic nitrogens is 1. The van der Waals surface area contributed by atoms with Gasteiger partial charge < -0.3 is 9.73 Å². The molecule has 1 aromatic heterocycles. The molecule has 0 radical (unpaired) electrons. The molecule has 0 aromatic carbocycles. The summed E-state index contributed by atoms with van der Waals surface area (Å²) in [6, 6.07) is 0.635. The van der Waals surface area contributed by atoms with Crippen LogP contribution in [0.5, 0.6) is 0 Å². The van der Waals surface area contributed by atoms with Crippen LogP contribution in [0.2, 0.25) is 0 Å². The van der Waals surface area contributed by atoms with Gasteiger partial charge in [0.05, 0.1) is 12.7 Å². The molecule has 1 saturated carbocycles. The second-order valence-corrected chi connectivity index (χ2v) is 5.75. The molecule has 2 atom stereocenters. The number of oxazole rings is 1. The van der Waals surface area contributed by atoms with E-state index in [2.05, 4.69) is 31.1 Å². The van der Waals surface area contributed by atoms with Gasteiger partial charge in [-0.15, -0.1) is 0 Å². The lowest BCUT2D eigenvalue weighted by molar-refractivity contribution is 0.200. The molecule has 0 amide bonds. The van der Waals surface area contributed by atoms with E-state index in [0.29, 0.717) is 6.04 Å². The first-order chi connectivity index (χ1) is 8.70. The standard InChI is InChI=1S/C15H26N2O/c1-4-12-9-17-15(18-12)10-16-14-8-6-5-7-13(14)11(2)3/h9,11,13-14,16H,4-8,10H2,1-3H3. The van der Waals surface area contributed by atoms with Gasteiger partial charge in [-0.1, -0.05) is 33.6 Å². The monoisotopic (exact) mass is 250 g/mol. The van der Waals surface area contributed by atoms with Crippen molar-refractivity contribution < 1.29 is 4.42 Å². The molecule has 1 N–H and O–H groups in total. The molecule has 0 bridgehead atoms. The van der Waals surface area contributed by atoms with Gasteiger partial charge in [0.15, 0.2) is 0 Å². The lowest BCUT2D eigenvalue weighted by Crippen LogP contribution is -2.40. The summed E-state index contributed by atoms with van der Waals surface area (Å²) in [6.45, 7) is 7.54. The number of aryl methyl sites for hydroxylation is 1. The average Bonchev–Trinajstić information content (AvgIpc) is 2.84. The molecule has 0 aliphatic heterocycles. The Morgan fingerprint density at radius 2 is 2.17 bits per heavy atom. The Morgan fingerprint density at radius 3 is 2.83 bits per heavy atom. The predicted octanol–water partition coefficient (Wildman–Crippen LogP) is 3.54. The second kappa shape index (κ2) is 6.37. The van der Waals surface area contributed by atoms with E-state index in [1.807, 2.05) is 6.20 Å². The quantitative estimate of drug-likeness (QED) is 0.868. The Hall–Kier alpha value is -0.830. The average molecular weight is 250 g/mol. The van der Waals surface area contributed by atoms with Crippen molar-refractivity contribution in [2.24, 2.45) is 11.8 Å². The fourth-order valence-corrected chi connectivity index (χ4v) is 3.02. The van der Waals surface area contributed by atoms with Gasteiger partial charge in [-0.3, -0.25) is 0 Å². The summed E-state index contributed by atoms with van der Waals surface area (Å²) in [5, 5.41) is 3.65. The fourth-order valence-electron chi connectivity index (χ4n) is 3.02. The number of hydrogen-bond donors (Lipinski definition) is 1. The lowest BCUT2D eigenvalue weighted by Gasteiger charge is -2.34. The zero-order valence-electron chi connectivity index (χ0n) is 11.9. The van der Waals surface area contributed by atoms with Crippen molar-refractivity contribution in [3.05, 3.63) is 17.8 Å². The minimum atomic E-state index is 0.635.